The van der Waals surface area contributed by atoms with Crippen LogP contribution in [0.4, 0.5) is 0 Å². The molecule has 0 aromatic heterocycles. The Morgan fingerprint density at radius 3 is 2.36 bits per heavy atom. The van der Waals surface area contributed by atoms with Crippen LogP contribution in [-0.4, -0.2) is 36.4 Å². The van der Waals surface area contributed by atoms with Crippen LogP contribution in [0.15, 0.2) is 54.6 Å². The summed E-state index contributed by atoms with van der Waals surface area (Å²) < 4.78 is 5.53. The van der Waals surface area contributed by atoms with Gasteiger partial charge < -0.3 is 15.0 Å². The van der Waals surface area contributed by atoms with E-state index in [-0.39, 0.29) is 18.4 Å². The largest absolute Gasteiger partial charge is 0.484 e. The molecule has 6 heteroatoms. The molecule has 0 aliphatic heterocycles. The average Bonchev–Trinajstić information content (AvgIpc) is 2.65. The van der Waals surface area contributed by atoms with E-state index in [0.29, 0.717) is 17.3 Å². The van der Waals surface area contributed by atoms with Crippen LogP contribution >= 0.6 is 11.6 Å². The monoisotopic (exact) mass is 360 g/mol. The number of likely N-dealkylation sites (N-methyl/N-ethyl adjacent to an activating group) is 1. The van der Waals surface area contributed by atoms with Crippen LogP contribution in [0.2, 0.25) is 5.02 Å². The first-order chi connectivity index (χ1) is 12.0. The molecular weight excluding hydrogens is 340 g/mol. The third kappa shape index (κ3) is 5.50. The quantitative estimate of drug-likeness (QED) is 0.826. The van der Waals surface area contributed by atoms with E-state index in [1.165, 1.54) is 4.90 Å². The van der Waals surface area contributed by atoms with Crippen molar-refractivity contribution in [3.63, 3.8) is 0 Å². The van der Waals surface area contributed by atoms with Crippen LogP contribution < -0.4 is 10.1 Å². The van der Waals surface area contributed by atoms with Gasteiger partial charge in [-0.1, -0.05) is 41.9 Å². The summed E-state index contributed by atoms with van der Waals surface area (Å²) >= 11 is 5.90. The Kier molecular flexibility index (Phi) is 6.83. The summed E-state index contributed by atoms with van der Waals surface area (Å²) in [4.78, 5) is 26.1. The van der Waals surface area contributed by atoms with Crippen LogP contribution in [0.1, 0.15) is 12.5 Å². The summed E-state index contributed by atoms with van der Waals surface area (Å²) in [5.41, 5.74) is 0.883. The number of hydrogen-bond acceptors (Lipinski definition) is 3. The molecule has 0 radical (unpaired) electrons. The number of carbonyl (C=O) groups is 2. The van der Waals surface area contributed by atoms with E-state index < -0.39 is 6.04 Å². The molecule has 0 bridgehead atoms. The van der Waals surface area contributed by atoms with Gasteiger partial charge in [0.25, 0.3) is 5.91 Å². The average molecular weight is 361 g/mol. The normalized spacial score (nSPS) is 11.5. The molecule has 0 aliphatic rings. The Hall–Kier alpha value is -2.53. The van der Waals surface area contributed by atoms with Crippen molar-refractivity contribution < 1.29 is 14.3 Å². The second kappa shape index (κ2) is 9.08. The number of hydrogen-bond donors (Lipinski definition) is 1. The molecule has 2 aromatic carbocycles. The van der Waals surface area contributed by atoms with Gasteiger partial charge in [-0.05, 0) is 36.8 Å². The van der Waals surface area contributed by atoms with Crippen LogP contribution in [-0.2, 0) is 16.1 Å². The predicted octanol–water partition coefficient (Wildman–Crippen LogP) is 2.88. The number of nitrogens with zero attached hydrogens (tertiary/aromatic N) is 1. The molecule has 0 spiro atoms. The lowest BCUT2D eigenvalue weighted by atomic mass is 10.1. The Labute approximate surface area is 152 Å². The number of halogens is 1. The minimum atomic E-state index is -0.618. The molecule has 1 atom stereocenters. The Bertz CT molecular complexity index is 704. The maximum atomic E-state index is 12.6. The maximum Gasteiger partial charge on any atom is 0.261 e. The third-order valence-corrected chi connectivity index (χ3v) is 4.04. The molecule has 0 saturated carbocycles. The lowest BCUT2D eigenvalue weighted by molar-refractivity contribution is -0.142. The SMILES string of the molecule is CNC(=O)[C@@H](C)N(Cc1ccc(Cl)cc1)C(=O)COc1ccccc1. The summed E-state index contributed by atoms with van der Waals surface area (Å²) in [7, 11) is 1.55. The molecule has 0 aliphatic carbocycles. The van der Waals surface area contributed by atoms with E-state index in [1.54, 1.807) is 38.2 Å². The zero-order chi connectivity index (χ0) is 18.2. The van der Waals surface area contributed by atoms with Crippen LogP contribution in [0.25, 0.3) is 0 Å². The van der Waals surface area contributed by atoms with Crippen molar-refractivity contribution in [2.75, 3.05) is 13.7 Å². The maximum absolute atomic E-state index is 12.6. The number of ether oxygens (including phenoxy) is 1. The zero-order valence-corrected chi connectivity index (χ0v) is 15.0. The Morgan fingerprint density at radius 1 is 1.12 bits per heavy atom. The number of nitrogens with one attached hydrogen (secondary N) is 1. The van der Waals surface area contributed by atoms with Crippen molar-refractivity contribution in [2.45, 2.75) is 19.5 Å². The van der Waals surface area contributed by atoms with Gasteiger partial charge in [-0.2, -0.15) is 0 Å². The number of amides is 2. The van der Waals surface area contributed by atoms with Crippen molar-refractivity contribution in [1.82, 2.24) is 10.2 Å². The van der Waals surface area contributed by atoms with Gasteiger partial charge in [0, 0.05) is 18.6 Å². The molecule has 132 valence electrons. The van der Waals surface area contributed by atoms with Gasteiger partial charge in [0.2, 0.25) is 5.91 Å². The smallest absolute Gasteiger partial charge is 0.261 e. The van der Waals surface area contributed by atoms with Gasteiger partial charge >= 0.3 is 0 Å². The number of rotatable bonds is 7. The molecule has 2 rings (SSSR count). The summed E-state index contributed by atoms with van der Waals surface area (Å²) in [6.45, 7) is 1.84. The Balaban J connectivity index is 2.10. The molecule has 1 N–H and O–H groups in total. The molecule has 2 amide bonds. The fourth-order valence-corrected chi connectivity index (χ4v) is 2.45. The lowest BCUT2D eigenvalue weighted by Crippen LogP contribution is -2.48. The topological polar surface area (TPSA) is 58.6 Å². The summed E-state index contributed by atoms with van der Waals surface area (Å²) in [6.07, 6.45) is 0. The minimum Gasteiger partial charge on any atom is -0.484 e. The molecule has 2 aromatic rings. The highest BCUT2D eigenvalue weighted by molar-refractivity contribution is 6.30. The molecule has 0 heterocycles. The molecular formula is C19H21ClN2O3. The van der Waals surface area contributed by atoms with Gasteiger partial charge in [-0.15, -0.1) is 0 Å². The summed E-state index contributed by atoms with van der Waals surface area (Å²) in [6, 6.07) is 15.6. The van der Waals surface area contributed by atoms with E-state index in [2.05, 4.69) is 5.32 Å². The highest BCUT2D eigenvalue weighted by Crippen LogP contribution is 2.14. The van der Waals surface area contributed by atoms with E-state index in [1.807, 2.05) is 30.3 Å². The molecule has 0 unspecified atom stereocenters. The summed E-state index contributed by atoms with van der Waals surface area (Å²) in [5, 5.41) is 3.19. The fraction of sp³-hybridized carbons (Fsp3) is 0.263. The fourth-order valence-electron chi connectivity index (χ4n) is 2.32. The first kappa shape index (κ1) is 18.8. The third-order valence-electron chi connectivity index (χ3n) is 3.79. The van der Waals surface area contributed by atoms with Crippen molar-refractivity contribution in [1.29, 1.82) is 0 Å². The Morgan fingerprint density at radius 2 is 1.76 bits per heavy atom. The van der Waals surface area contributed by atoms with Gasteiger partial charge in [0.05, 0.1) is 0 Å². The lowest BCUT2D eigenvalue weighted by Gasteiger charge is -2.28. The second-order valence-corrected chi connectivity index (χ2v) is 5.98. The van der Waals surface area contributed by atoms with Crippen LogP contribution in [0.5, 0.6) is 5.75 Å². The minimum absolute atomic E-state index is 0.140. The standard InChI is InChI=1S/C19H21ClN2O3/c1-14(19(24)21-2)22(12-15-8-10-16(20)11-9-15)18(23)13-25-17-6-4-3-5-7-17/h3-11,14H,12-13H2,1-2H3,(H,21,24)/t14-/m1/s1. The van der Waals surface area contributed by atoms with Crippen LogP contribution in [0, 0.1) is 0 Å². The van der Waals surface area contributed by atoms with Crippen molar-refractivity contribution in [3.05, 3.63) is 65.2 Å². The number of carbonyl (C=O) groups excluding carboxylic acids is 2. The van der Waals surface area contributed by atoms with E-state index in [0.717, 1.165) is 5.56 Å². The highest BCUT2D eigenvalue weighted by Gasteiger charge is 2.25. The van der Waals surface area contributed by atoms with Crippen molar-refractivity contribution >= 4 is 23.4 Å². The number of para-hydroxylation sites is 1. The molecule has 25 heavy (non-hydrogen) atoms. The summed E-state index contributed by atoms with van der Waals surface area (Å²) in [5.74, 6) is 0.104. The van der Waals surface area contributed by atoms with E-state index in [9.17, 15) is 9.59 Å². The molecule has 0 fully saturated rings. The van der Waals surface area contributed by atoms with Gasteiger partial charge in [0.1, 0.15) is 11.8 Å². The highest BCUT2D eigenvalue weighted by atomic mass is 35.5. The van der Waals surface area contributed by atoms with Gasteiger partial charge in [-0.3, -0.25) is 9.59 Å². The first-order valence-electron chi connectivity index (χ1n) is 7.94. The van der Waals surface area contributed by atoms with Crippen molar-refractivity contribution in [3.8, 4) is 5.75 Å². The van der Waals surface area contributed by atoms with Crippen molar-refractivity contribution in [2.24, 2.45) is 0 Å². The first-order valence-corrected chi connectivity index (χ1v) is 8.32. The zero-order valence-electron chi connectivity index (χ0n) is 14.2. The molecule has 0 saturated heterocycles. The molecule has 5 nitrogen and oxygen atoms in total. The second-order valence-electron chi connectivity index (χ2n) is 5.54. The van der Waals surface area contributed by atoms with Gasteiger partial charge in [0.15, 0.2) is 6.61 Å². The van der Waals surface area contributed by atoms with Gasteiger partial charge in [-0.25, -0.2) is 0 Å². The number of benzene rings is 2. The van der Waals surface area contributed by atoms with E-state index >= 15 is 0 Å². The van der Waals surface area contributed by atoms with Crippen LogP contribution in [0.3, 0.4) is 0 Å². The predicted molar refractivity (Wildman–Crippen MR) is 97.5 cm³/mol. The van der Waals surface area contributed by atoms with E-state index in [4.69, 9.17) is 16.3 Å².